The maximum Gasteiger partial charge on any atom is 0.399 e. The van der Waals surface area contributed by atoms with Crippen LogP contribution in [-0.2, 0) is 0 Å². The van der Waals surface area contributed by atoms with E-state index in [-0.39, 0.29) is 5.75 Å². The van der Waals surface area contributed by atoms with Crippen molar-refractivity contribution < 1.29 is 18.4 Å². The van der Waals surface area contributed by atoms with Gasteiger partial charge in [-0.25, -0.2) is 0 Å². The van der Waals surface area contributed by atoms with Crippen molar-refractivity contribution in [3.8, 4) is 0 Å². The molecule has 0 rings (SSSR count). The van der Waals surface area contributed by atoms with E-state index < -0.39 is 17.9 Å². The molecule has 12 heavy (non-hydrogen) atoms. The van der Waals surface area contributed by atoms with Gasteiger partial charge in [-0.2, -0.15) is 24.9 Å². The molecule has 0 saturated carbocycles. The molecule has 3 nitrogen and oxygen atoms in total. The third-order valence-corrected chi connectivity index (χ3v) is 1.87. The summed E-state index contributed by atoms with van der Waals surface area (Å²) in [7, 11) is 0. The molecule has 0 aromatic heterocycles. The third-order valence-electron chi connectivity index (χ3n) is 1.20. The van der Waals surface area contributed by atoms with Crippen molar-refractivity contribution in [3.05, 3.63) is 0 Å². The molecule has 0 amide bonds. The lowest BCUT2D eigenvalue weighted by Gasteiger charge is -2.17. The minimum Gasteiger partial charge on any atom is -0.409 e. The highest BCUT2D eigenvalue weighted by atomic mass is 32.2. The molecule has 0 aromatic rings. The first-order valence-electron chi connectivity index (χ1n) is 2.96. The molecular formula is C5H9F3N2OS. The highest BCUT2D eigenvalue weighted by Gasteiger charge is 2.42. The first kappa shape index (κ1) is 11.4. The van der Waals surface area contributed by atoms with Gasteiger partial charge >= 0.3 is 6.18 Å². The average molecular weight is 202 g/mol. The number of hydrogen-bond donors (Lipinski definition) is 2. The Balaban J connectivity index is 4.44. The summed E-state index contributed by atoms with van der Waals surface area (Å²) >= 11 is 0.988. The van der Waals surface area contributed by atoms with Gasteiger partial charge in [0, 0.05) is 5.75 Å². The Bertz CT molecular complexity index is 171. The van der Waals surface area contributed by atoms with Gasteiger partial charge in [-0.15, -0.1) is 0 Å². The Morgan fingerprint density at radius 1 is 1.67 bits per heavy atom. The van der Waals surface area contributed by atoms with Gasteiger partial charge in [0.25, 0.3) is 0 Å². The Hall–Kier alpha value is -0.590. The van der Waals surface area contributed by atoms with Crippen LogP contribution in [0.15, 0.2) is 5.16 Å². The predicted molar refractivity (Wildman–Crippen MR) is 41.3 cm³/mol. The Labute approximate surface area is 71.8 Å². The number of alkyl halides is 3. The minimum atomic E-state index is -4.45. The average Bonchev–Trinajstić information content (AvgIpc) is 1.96. The van der Waals surface area contributed by atoms with Crippen molar-refractivity contribution in [2.45, 2.75) is 6.18 Å². The van der Waals surface area contributed by atoms with Gasteiger partial charge < -0.3 is 10.9 Å². The predicted octanol–water partition coefficient (Wildman–Crippen LogP) is 1.27. The molecule has 0 saturated heterocycles. The largest absolute Gasteiger partial charge is 0.409 e. The number of rotatable bonds is 3. The molecular weight excluding hydrogens is 193 g/mol. The van der Waals surface area contributed by atoms with E-state index in [1.165, 1.54) is 6.26 Å². The quantitative estimate of drug-likeness (QED) is 0.313. The number of thioether (sulfide) groups is 1. The van der Waals surface area contributed by atoms with Crippen LogP contribution in [0.25, 0.3) is 0 Å². The molecule has 0 heterocycles. The first-order chi connectivity index (χ1) is 5.43. The van der Waals surface area contributed by atoms with Gasteiger partial charge in [-0.3, -0.25) is 0 Å². The van der Waals surface area contributed by atoms with Gasteiger partial charge in [0.05, 0.1) is 0 Å². The van der Waals surface area contributed by atoms with Crippen LogP contribution in [-0.4, -0.2) is 29.2 Å². The molecule has 7 heteroatoms. The summed E-state index contributed by atoms with van der Waals surface area (Å²) in [5, 5.41) is 10.4. The highest BCUT2D eigenvalue weighted by Crippen LogP contribution is 2.28. The molecule has 3 N–H and O–H groups in total. The first-order valence-corrected chi connectivity index (χ1v) is 4.36. The Morgan fingerprint density at radius 3 is 2.42 bits per heavy atom. The third kappa shape index (κ3) is 3.21. The lowest BCUT2D eigenvalue weighted by Crippen LogP contribution is -2.37. The van der Waals surface area contributed by atoms with E-state index in [0.717, 1.165) is 11.8 Å². The van der Waals surface area contributed by atoms with Gasteiger partial charge in [0.1, 0.15) is 5.92 Å². The fraction of sp³-hybridized carbons (Fsp3) is 0.800. The summed E-state index contributed by atoms with van der Waals surface area (Å²) < 4.78 is 36.2. The molecule has 0 aromatic carbocycles. The highest BCUT2D eigenvalue weighted by molar-refractivity contribution is 7.98. The summed E-state index contributed by atoms with van der Waals surface area (Å²) in [6.45, 7) is 0. The SMILES string of the molecule is CSCC(C(N)=NO)C(F)(F)F. The van der Waals surface area contributed by atoms with Gasteiger partial charge in [0.2, 0.25) is 0 Å². The van der Waals surface area contributed by atoms with Gasteiger partial charge in [0.15, 0.2) is 5.84 Å². The summed E-state index contributed by atoms with van der Waals surface area (Å²) in [5.74, 6) is -2.89. The number of oxime groups is 1. The minimum absolute atomic E-state index is 0.237. The van der Waals surface area contributed by atoms with E-state index in [2.05, 4.69) is 5.16 Å². The van der Waals surface area contributed by atoms with Crippen molar-refractivity contribution in [2.75, 3.05) is 12.0 Å². The van der Waals surface area contributed by atoms with Crippen LogP contribution in [0.4, 0.5) is 13.2 Å². The maximum absolute atomic E-state index is 12.1. The van der Waals surface area contributed by atoms with Gasteiger partial charge in [-0.05, 0) is 6.26 Å². The van der Waals surface area contributed by atoms with Crippen LogP contribution in [0.2, 0.25) is 0 Å². The van der Waals surface area contributed by atoms with Crippen molar-refractivity contribution in [3.63, 3.8) is 0 Å². The van der Waals surface area contributed by atoms with E-state index in [1.807, 2.05) is 0 Å². The van der Waals surface area contributed by atoms with E-state index in [0.29, 0.717) is 0 Å². The lowest BCUT2D eigenvalue weighted by molar-refractivity contribution is -0.150. The number of nitrogens with two attached hydrogens (primary N) is 1. The number of hydrogen-bond acceptors (Lipinski definition) is 3. The molecule has 0 aliphatic heterocycles. The topological polar surface area (TPSA) is 58.6 Å². The zero-order chi connectivity index (χ0) is 9.78. The molecule has 0 radical (unpaired) electrons. The molecule has 0 spiro atoms. The standard InChI is InChI=1S/C5H9F3N2OS/c1-12-2-3(4(9)10-11)5(6,7)8/h3,11H,2H2,1H3,(H2,9,10). The van der Waals surface area contributed by atoms with Crippen LogP contribution >= 0.6 is 11.8 Å². The molecule has 1 atom stereocenters. The molecule has 0 bridgehead atoms. The van der Waals surface area contributed by atoms with Crippen molar-refractivity contribution >= 4 is 17.6 Å². The Kier molecular flexibility index (Phi) is 4.22. The van der Waals surface area contributed by atoms with Crippen LogP contribution in [0.3, 0.4) is 0 Å². The fourth-order valence-corrected chi connectivity index (χ4v) is 1.28. The fourth-order valence-electron chi connectivity index (χ4n) is 0.584. The van der Waals surface area contributed by atoms with E-state index in [4.69, 9.17) is 10.9 Å². The zero-order valence-electron chi connectivity index (χ0n) is 6.30. The number of amidine groups is 1. The normalized spacial score (nSPS) is 16.2. The van der Waals surface area contributed by atoms with Crippen molar-refractivity contribution in [2.24, 2.45) is 16.8 Å². The second-order valence-electron chi connectivity index (χ2n) is 2.07. The summed E-state index contributed by atoms with van der Waals surface area (Å²) in [5.41, 5.74) is 4.86. The van der Waals surface area contributed by atoms with Gasteiger partial charge in [-0.1, -0.05) is 5.16 Å². The second-order valence-corrected chi connectivity index (χ2v) is 2.99. The molecule has 0 fully saturated rings. The molecule has 72 valence electrons. The zero-order valence-corrected chi connectivity index (χ0v) is 7.11. The molecule has 1 unspecified atom stereocenters. The van der Waals surface area contributed by atoms with Crippen LogP contribution < -0.4 is 5.73 Å². The Morgan fingerprint density at radius 2 is 2.17 bits per heavy atom. The van der Waals surface area contributed by atoms with E-state index in [1.54, 1.807) is 0 Å². The van der Waals surface area contributed by atoms with Crippen molar-refractivity contribution in [1.82, 2.24) is 0 Å². The summed E-state index contributed by atoms with van der Waals surface area (Å²) in [6, 6.07) is 0. The second kappa shape index (κ2) is 4.44. The number of halogens is 3. The number of nitrogens with zero attached hydrogens (tertiary/aromatic N) is 1. The van der Waals surface area contributed by atoms with Crippen LogP contribution in [0, 0.1) is 5.92 Å². The monoisotopic (exact) mass is 202 g/mol. The summed E-state index contributed by atoms with van der Waals surface area (Å²) in [4.78, 5) is 0. The van der Waals surface area contributed by atoms with E-state index in [9.17, 15) is 13.2 Å². The van der Waals surface area contributed by atoms with E-state index >= 15 is 0 Å². The lowest BCUT2D eigenvalue weighted by atomic mass is 10.1. The molecule has 0 aliphatic rings. The smallest absolute Gasteiger partial charge is 0.399 e. The van der Waals surface area contributed by atoms with Crippen LogP contribution in [0.5, 0.6) is 0 Å². The molecule has 0 aliphatic carbocycles. The van der Waals surface area contributed by atoms with Crippen LogP contribution in [0.1, 0.15) is 0 Å². The maximum atomic E-state index is 12.1. The van der Waals surface area contributed by atoms with Crippen molar-refractivity contribution in [1.29, 1.82) is 0 Å². The summed E-state index contributed by atoms with van der Waals surface area (Å²) in [6.07, 6.45) is -2.93.